The lowest BCUT2D eigenvalue weighted by Gasteiger charge is -2.38. The van der Waals surface area contributed by atoms with Crippen molar-refractivity contribution >= 4 is 18.2 Å². The third kappa shape index (κ3) is 2.43. The second kappa shape index (κ2) is 5.25. The molecule has 0 radical (unpaired) electrons. The molecule has 1 aliphatic heterocycles. The minimum Gasteiger partial charge on any atom is -0.338 e. The summed E-state index contributed by atoms with van der Waals surface area (Å²) < 4.78 is 3.05. The summed E-state index contributed by atoms with van der Waals surface area (Å²) in [5.74, 6) is 1.05. The Labute approximate surface area is 119 Å². The number of piperazine rings is 1. The summed E-state index contributed by atoms with van der Waals surface area (Å²) in [6, 6.07) is 1.12. The molecule has 5 nitrogen and oxygen atoms in total. The molecule has 0 bridgehead atoms. The Morgan fingerprint density at radius 1 is 1.26 bits per heavy atom. The second-order valence-electron chi connectivity index (χ2n) is 5.91. The van der Waals surface area contributed by atoms with Crippen LogP contribution >= 0.6 is 12.2 Å². The number of anilines is 1. The van der Waals surface area contributed by atoms with Gasteiger partial charge in [0, 0.05) is 31.7 Å². The van der Waals surface area contributed by atoms with Gasteiger partial charge >= 0.3 is 0 Å². The van der Waals surface area contributed by atoms with Gasteiger partial charge in [0.05, 0.1) is 0 Å². The van der Waals surface area contributed by atoms with Gasteiger partial charge in [-0.3, -0.25) is 4.57 Å². The lowest BCUT2D eigenvalue weighted by molar-refractivity contribution is 0.231. The Bertz CT molecular complexity index is 487. The molecule has 1 atom stereocenters. The summed E-state index contributed by atoms with van der Waals surface area (Å²) in [7, 11) is 2.19. The topological polar surface area (TPSA) is 40.1 Å². The van der Waals surface area contributed by atoms with Crippen molar-refractivity contribution in [2.45, 2.75) is 44.7 Å². The van der Waals surface area contributed by atoms with Crippen molar-refractivity contribution in [2.75, 3.05) is 31.6 Å². The minimum atomic E-state index is 0.552. The standard InChI is InChI=1S/C13H23N5S/c1-10-9-17(8-7-16(10)2)12-14-15-13(19)18(12)11-5-3-4-6-11/h10-11H,3-9H2,1-2H3,(H,15,19). The first-order chi connectivity index (χ1) is 9.16. The van der Waals surface area contributed by atoms with E-state index in [9.17, 15) is 0 Å². The summed E-state index contributed by atoms with van der Waals surface area (Å²) in [6.45, 7) is 5.43. The van der Waals surface area contributed by atoms with Gasteiger partial charge in [-0.05, 0) is 39.0 Å². The van der Waals surface area contributed by atoms with Gasteiger partial charge in [-0.2, -0.15) is 0 Å². The highest BCUT2D eigenvalue weighted by Crippen LogP contribution is 2.33. The van der Waals surface area contributed by atoms with E-state index in [0.717, 1.165) is 30.4 Å². The normalized spacial score (nSPS) is 26.2. The van der Waals surface area contributed by atoms with Crippen LogP contribution in [0, 0.1) is 4.77 Å². The van der Waals surface area contributed by atoms with Crippen LogP contribution in [-0.2, 0) is 0 Å². The van der Waals surface area contributed by atoms with E-state index in [4.69, 9.17) is 12.2 Å². The zero-order chi connectivity index (χ0) is 13.4. The number of aromatic amines is 1. The van der Waals surface area contributed by atoms with Crippen molar-refractivity contribution in [3.05, 3.63) is 4.77 Å². The largest absolute Gasteiger partial charge is 0.338 e. The predicted octanol–water partition coefficient (Wildman–Crippen LogP) is 2.20. The van der Waals surface area contributed by atoms with Crippen molar-refractivity contribution in [1.82, 2.24) is 19.7 Å². The highest BCUT2D eigenvalue weighted by molar-refractivity contribution is 7.71. The maximum absolute atomic E-state index is 5.44. The van der Waals surface area contributed by atoms with Crippen molar-refractivity contribution < 1.29 is 0 Å². The third-order valence-corrected chi connectivity index (χ3v) is 4.91. The molecule has 1 aromatic rings. The third-order valence-electron chi connectivity index (χ3n) is 4.62. The van der Waals surface area contributed by atoms with Crippen molar-refractivity contribution in [3.63, 3.8) is 0 Å². The number of nitrogens with zero attached hydrogens (tertiary/aromatic N) is 4. The number of aromatic nitrogens is 3. The molecule has 3 rings (SSSR count). The Morgan fingerprint density at radius 2 is 2.00 bits per heavy atom. The Kier molecular flexibility index (Phi) is 3.62. The molecule has 0 amide bonds. The van der Waals surface area contributed by atoms with Gasteiger partial charge in [-0.25, -0.2) is 5.10 Å². The zero-order valence-electron chi connectivity index (χ0n) is 11.8. The van der Waals surface area contributed by atoms with E-state index >= 15 is 0 Å². The summed E-state index contributed by atoms with van der Waals surface area (Å²) in [6.07, 6.45) is 5.11. The van der Waals surface area contributed by atoms with Gasteiger partial charge in [0.1, 0.15) is 0 Å². The number of nitrogens with one attached hydrogen (secondary N) is 1. The number of rotatable bonds is 2. The highest BCUT2D eigenvalue weighted by atomic mass is 32.1. The maximum Gasteiger partial charge on any atom is 0.226 e. The maximum atomic E-state index is 5.44. The highest BCUT2D eigenvalue weighted by Gasteiger charge is 2.27. The van der Waals surface area contributed by atoms with E-state index in [1.54, 1.807) is 0 Å². The van der Waals surface area contributed by atoms with Gasteiger partial charge < -0.3 is 9.80 Å². The molecule has 2 fully saturated rings. The molecular formula is C13H23N5S. The number of likely N-dealkylation sites (N-methyl/N-ethyl adjacent to an activating group) is 1. The van der Waals surface area contributed by atoms with Crippen LogP contribution in [0.1, 0.15) is 38.6 Å². The van der Waals surface area contributed by atoms with E-state index < -0.39 is 0 Å². The average Bonchev–Trinajstić information content (AvgIpc) is 3.01. The summed E-state index contributed by atoms with van der Waals surface area (Å²) in [5.41, 5.74) is 0. The number of hydrogen-bond acceptors (Lipinski definition) is 4. The number of H-pyrrole nitrogens is 1. The fourth-order valence-electron chi connectivity index (χ4n) is 3.24. The van der Waals surface area contributed by atoms with Crippen LogP contribution in [0.3, 0.4) is 0 Å². The molecule has 1 N–H and O–H groups in total. The van der Waals surface area contributed by atoms with E-state index in [-0.39, 0.29) is 0 Å². The number of hydrogen-bond donors (Lipinski definition) is 1. The van der Waals surface area contributed by atoms with Gasteiger partial charge in [0.15, 0.2) is 4.77 Å². The summed E-state index contributed by atoms with van der Waals surface area (Å²) >= 11 is 5.44. The van der Waals surface area contributed by atoms with Crippen LogP contribution in [0.25, 0.3) is 0 Å². The van der Waals surface area contributed by atoms with Gasteiger partial charge in [0.2, 0.25) is 5.95 Å². The fraction of sp³-hybridized carbons (Fsp3) is 0.846. The molecule has 6 heteroatoms. The molecule has 1 aromatic heterocycles. The summed E-state index contributed by atoms with van der Waals surface area (Å²) in [4.78, 5) is 4.78. The fourth-order valence-corrected chi connectivity index (χ4v) is 3.52. The Hall–Kier alpha value is -0.880. The van der Waals surface area contributed by atoms with E-state index in [1.165, 1.54) is 25.7 Å². The zero-order valence-corrected chi connectivity index (χ0v) is 12.6. The van der Waals surface area contributed by atoms with Crippen LogP contribution in [0.5, 0.6) is 0 Å². The predicted molar refractivity (Wildman–Crippen MR) is 79.2 cm³/mol. The average molecular weight is 281 g/mol. The molecule has 1 saturated carbocycles. The molecular weight excluding hydrogens is 258 g/mol. The molecule has 19 heavy (non-hydrogen) atoms. The van der Waals surface area contributed by atoms with Gasteiger partial charge in [-0.15, -0.1) is 5.10 Å². The van der Waals surface area contributed by atoms with E-state index in [1.807, 2.05) is 0 Å². The smallest absolute Gasteiger partial charge is 0.226 e. The van der Waals surface area contributed by atoms with Gasteiger partial charge in [-0.1, -0.05) is 12.8 Å². The first kappa shape index (κ1) is 13.1. The lowest BCUT2D eigenvalue weighted by atomic mass is 10.2. The second-order valence-corrected chi connectivity index (χ2v) is 6.30. The molecule has 1 saturated heterocycles. The van der Waals surface area contributed by atoms with Gasteiger partial charge in [0.25, 0.3) is 0 Å². The van der Waals surface area contributed by atoms with E-state index in [2.05, 4.69) is 38.5 Å². The van der Waals surface area contributed by atoms with Crippen LogP contribution in [0.2, 0.25) is 0 Å². The quantitative estimate of drug-likeness (QED) is 0.844. The van der Waals surface area contributed by atoms with Crippen LogP contribution in [0.15, 0.2) is 0 Å². The summed E-state index contributed by atoms with van der Waals surface area (Å²) in [5, 5.41) is 7.49. The monoisotopic (exact) mass is 281 g/mol. The SMILES string of the molecule is CC1CN(c2n[nH]c(=S)n2C2CCCC2)CCN1C. The Balaban J connectivity index is 1.86. The molecule has 1 aliphatic carbocycles. The first-order valence-corrected chi connectivity index (χ1v) is 7.69. The molecule has 0 aromatic carbocycles. The Morgan fingerprint density at radius 3 is 2.68 bits per heavy atom. The van der Waals surface area contributed by atoms with Crippen LogP contribution < -0.4 is 4.90 Å². The van der Waals surface area contributed by atoms with Crippen molar-refractivity contribution in [3.8, 4) is 0 Å². The molecule has 2 heterocycles. The van der Waals surface area contributed by atoms with Crippen molar-refractivity contribution in [2.24, 2.45) is 0 Å². The van der Waals surface area contributed by atoms with Crippen molar-refractivity contribution in [1.29, 1.82) is 0 Å². The lowest BCUT2D eigenvalue weighted by Crippen LogP contribution is -2.51. The van der Waals surface area contributed by atoms with Crippen LogP contribution in [0.4, 0.5) is 5.95 Å². The first-order valence-electron chi connectivity index (χ1n) is 7.29. The minimum absolute atomic E-state index is 0.552. The molecule has 2 aliphatic rings. The van der Waals surface area contributed by atoms with Crippen LogP contribution in [-0.4, -0.2) is 52.4 Å². The molecule has 1 unspecified atom stereocenters. The molecule has 106 valence electrons. The molecule has 0 spiro atoms. The van der Waals surface area contributed by atoms with E-state index in [0.29, 0.717) is 12.1 Å².